The van der Waals surface area contributed by atoms with Gasteiger partial charge in [-0.3, -0.25) is 4.79 Å². The molecule has 0 unspecified atom stereocenters. The maximum atomic E-state index is 13.4. The van der Waals surface area contributed by atoms with Crippen LogP contribution in [0, 0.1) is 5.92 Å². The van der Waals surface area contributed by atoms with Gasteiger partial charge in [0.2, 0.25) is 15.9 Å². The predicted octanol–water partition coefficient (Wildman–Crippen LogP) is 3.58. The van der Waals surface area contributed by atoms with E-state index in [4.69, 9.17) is 11.6 Å². The van der Waals surface area contributed by atoms with Gasteiger partial charge in [-0.15, -0.1) is 0 Å². The minimum Gasteiger partial charge on any atom is -0.355 e. The molecular formula is C19H27ClN2O3S. The highest BCUT2D eigenvalue weighted by Crippen LogP contribution is 2.30. The molecule has 2 aliphatic rings. The van der Waals surface area contributed by atoms with Crippen LogP contribution in [0.2, 0.25) is 5.02 Å². The molecule has 5 nitrogen and oxygen atoms in total. The molecule has 1 N–H and O–H groups in total. The number of hydrogen-bond acceptors (Lipinski definition) is 3. The Morgan fingerprint density at radius 1 is 1.00 bits per heavy atom. The fourth-order valence-electron chi connectivity index (χ4n) is 3.96. The zero-order valence-electron chi connectivity index (χ0n) is 15.0. The van der Waals surface area contributed by atoms with Gasteiger partial charge in [0.1, 0.15) is 6.04 Å². The number of nitrogens with one attached hydrogen (secondary N) is 1. The minimum absolute atomic E-state index is 0.171. The van der Waals surface area contributed by atoms with Gasteiger partial charge in [0.15, 0.2) is 0 Å². The van der Waals surface area contributed by atoms with Crippen molar-refractivity contribution >= 4 is 27.5 Å². The van der Waals surface area contributed by atoms with Crippen molar-refractivity contribution < 1.29 is 13.2 Å². The highest BCUT2D eigenvalue weighted by Gasteiger charge is 2.37. The average Bonchev–Trinajstić information content (AvgIpc) is 2.85. The second-order valence-corrected chi connectivity index (χ2v) is 9.66. The SMILES string of the molecule is O=C1NCCCC[C@H]1N(CC1CCCCC1)S(=O)(=O)c1ccc(Cl)cc1. The number of carbonyl (C=O) groups is 1. The van der Waals surface area contributed by atoms with Crippen LogP contribution >= 0.6 is 11.6 Å². The van der Waals surface area contributed by atoms with Crippen molar-refractivity contribution in [2.24, 2.45) is 5.92 Å². The van der Waals surface area contributed by atoms with Crippen molar-refractivity contribution in [2.45, 2.75) is 62.3 Å². The Kier molecular flexibility index (Phi) is 6.59. The standard InChI is InChI=1S/C19H27ClN2O3S/c20-16-9-11-17(12-10-16)26(24,25)22(14-15-6-2-1-3-7-15)18-8-4-5-13-21-19(18)23/h9-12,15,18H,1-8,13-14H2,(H,21,23)/t18-/m1/s1. The van der Waals surface area contributed by atoms with E-state index in [1.165, 1.54) is 22.9 Å². The number of halogens is 1. The summed E-state index contributed by atoms with van der Waals surface area (Å²) in [5.41, 5.74) is 0. The van der Waals surface area contributed by atoms with Gasteiger partial charge in [-0.1, -0.05) is 30.9 Å². The lowest BCUT2D eigenvalue weighted by atomic mass is 9.89. The zero-order valence-corrected chi connectivity index (χ0v) is 16.6. The molecule has 144 valence electrons. The monoisotopic (exact) mass is 398 g/mol. The van der Waals surface area contributed by atoms with Gasteiger partial charge >= 0.3 is 0 Å². The maximum Gasteiger partial charge on any atom is 0.243 e. The molecule has 26 heavy (non-hydrogen) atoms. The van der Waals surface area contributed by atoms with Gasteiger partial charge in [-0.25, -0.2) is 8.42 Å². The predicted molar refractivity (Wildman–Crippen MR) is 103 cm³/mol. The highest BCUT2D eigenvalue weighted by atomic mass is 35.5. The van der Waals surface area contributed by atoms with Crippen LogP contribution in [0.5, 0.6) is 0 Å². The van der Waals surface area contributed by atoms with Crippen LogP contribution in [0.1, 0.15) is 51.4 Å². The van der Waals surface area contributed by atoms with Crippen LogP contribution in [0.3, 0.4) is 0 Å². The Bertz CT molecular complexity index is 715. The molecule has 2 fully saturated rings. The molecule has 1 saturated heterocycles. The Balaban J connectivity index is 1.92. The van der Waals surface area contributed by atoms with Gasteiger partial charge in [0.25, 0.3) is 0 Å². The molecule has 1 aliphatic heterocycles. The molecule has 1 aromatic rings. The maximum absolute atomic E-state index is 13.4. The van der Waals surface area contributed by atoms with Crippen LogP contribution in [0.25, 0.3) is 0 Å². The van der Waals surface area contributed by atoms with Crippen LogP contribution in [0.4, 0.5) is 0 Å². The number of carbonyl (C=O) groups excluding carboxylic acids is 1. The third-order valence-electron chi connectivity index (χ3n) is 5.44. The molecule has 1 amide bonds. The normalized spacial score (nSPS) is 22.8. The Morgan fingerprint density at radius 2 is 1.65 bits per heavy atom. The molecule has 1 atom stereocenters. The van der Waals surface area contributed by atoms with E-state index >= 15 is 0 Å². The summed E-state index contributed by atoms with van der Waals surface area (Å²) in [7, 11) is -3.75. The number of hydrogen-bond donors (Lipinski definition) is 1. The van der Waals surface area contributed by atoms with Crippen molar-refractivity contribution in [3.8, 4) is 0 Å². The van der Waals surface area contributed by atoms with Crippen LogP contribution in [-0.4, -0.2) is 37.8 Å². The topological polar surface area (TPSA) is 66.5 Å². The summed E-state index contributed by atoms with van der Waals surface area (Å²) < 4.78 is 28.2. The summed E-state index contributed by atoms with van der Waals surface area (Å²) in [5.74, 6) is 0.151. The van der Waals surface area contributed by atoms with Crippen molar-refractivity contribution in [3.05, 3.63) is 29.3 Å². The van der Waals surface area contributed by atoms with Crippen LogP contribution in [-0.2, 0) is 14.8 Å². The molecule has 1 saturated carbocycles. The molecule has 1 heterocycles. The summed E-state index contributed by atoms with van der Waals surface area (Å²) >= 11 is 5.92. The minimum atomic E-state index is -3.75. The number of rotatable bonds is 5. The summed E-state index contributed by atoms with van der Waals surface area (Å²) in [6.45, 7) is 1.04. The molecule has 0 radical (unpaired) electrons. The molecule has 1 aromatic carbocycles. The largest absolute Gasteiger partial charge is 0.355 e. The number of sulfonamides is 1. The van der Waals surface area contributed by atoms with Crippen LogP contribution in [0.15, 0.2) is 29.2 Å². The van der Waals surface area contributed by atoms with Crippen molar-refractivity contribution in [1.29, 1.82) is 0 Å². The molecule has 7 heteroatoms. The second-order valence-electron chi connectivity index (χ2n) is 7.34. The first-order chi connectivity index (χ1) is 12.5. The highest BCUT2D eigenvalue weighted by molar-refractivity contribution is 7.89. The lowest BCUT2D eigenvalue weighted by molar-refractivity contribution is -0.124. The Labute approximate surface area is 161 Å². The van der Waals surface area contributed by atoms with Crippen molar-refractivity contribution in [2.75, 3.05) is 13.1 Å². The molecule has 0 spiro atoms. The quantitative estimate of drug-likeness (QED) is 0.824. The van der Waals surface area contributed by atoms with E-state index < -0.39 is 16.1 Å². The fraction of sp³-hybridized carbons (Fsp3) is 0.632. The van der Waals surface area contributed by atoms with Gasteiger partial charge in [0, 0.05) is 18.1 Å². The van der Waals surface area contributed by atoms with Crippen molar-refractivity contribution in [1.82, 2.24) is 9.62 Å². The molecular weight excluding hydrogens is 372 g/mol. The first-order valence-corrected chi connectivity index (χ1v) is 11.4. The summed E-state index contributed by atoms with van der Waals surface area (Å²) in [5, 5.41) is 3.37. The molecule has 0 bridgehead atoms. The van der Waals surface area contributed by atoms with Crippen LogP contribution < -0.4 is 5.32 Å². The number of benzene rings is 1. The average molecular weight is 399 g/mol. The van der Waals surface area contributed by atoms with Gasteiger partial charge in [0.05, 0.1) is 4.90 Å². The molecule has 0 aromatic heterocycles. The third-order valence-corrected chi connectivity index (χ3v) is 7.58. The zero-order chi connectivity index (χ0) is 18.6. The smallest absolute Gasteiger partial charge is 0.243 e. The summed E-state index contributed by atoms with van der Waals surface area (Å²) in [6.07, 6.45) is 7.85. The Morgan fingerprint density at radius 3 is 2.35 bits per heavy atom. The van der Waals surface area contributed by atoms with E-state index in [9.17, 15) is 13.2 Å². The van der Waals surface area contributed by atoms with E-state index in [1.54, 1.807) is 12.1 Å². The van der Waals surface area contributed by atoms with Gasteiger partial charge < -0.3 is 5.32 Å². The van der Waals surface area contributed by atoms with E-state index in [0.29, 0.717) is 30.5 Å². The Hall–Kier alpha value is -1.11. The second kappa shape index (κ2) is 8.72. The summed E-state index contributed by atoms with van der Waals surface area (Å²) in [4.78, 5) is 12.8. The lowest BCUT2D eigenvalue weighted by Crippen LogP contribution is -2.50. The van der Waals surface area contributed by atoms with E-state index in [2.05, 4.69) is 5.32 Å². The third kappa shape index (κ3) is 4.59. The van der Waals surface area contributed by atoms with E-state index in [0.717, 1.165) is 38.5 Å². The van der Waals surface area contributed by atoms with E-state index in [-0.39, 0.29) is 10.8 Å². The fourth-order valence-corrected chi connectivity index (χ4v) is 5.78. The van der Waals surface area contributed by atoms with Gasteiger partial charge in [-0.05, 0) is 62.3 Å². The van der Waals surface area contributed by atoms with E-state index in [1.807, 2.05) is 0 Å². The molecule has 3 rings (SSSR count). The summed E-state index contributed by atoms with van der Waals surface area (Å²) in [6, 6.07) is 5.60. The lowest BCUT2D eigenvalue weighted by Gasteiger charge is -2.33. The number of nitrogens with zero attached hydrogens (tertiary/aromatic N) is 1. The van der Waals surface area contributed by atoms with Gasteiger partial charge in [-0.2, -0.15) is 4.31 Å². The molecule has 1 aliphatic carbocycles. The number of amides is 1. The first-order valence-electron chi connectivity index (χ1n) is 9.53. The first kappa shape index (κ1) is 19.6. The van der Waals surface area contributed by atoms with Crippen molar-refractivity contribution in [3.63, 3.8) is 0 Å².